The summed E-state index contributed by atoms with van der Waals surface area (Å²) in [4.78, 5) is 13.5. The second-order valence-corrected chi connectivity index (χ2v) is 5.82. The van der Waals surface area contributed by atoms with Gasteiger partial charge >= 0.3 is 5.97 Å². The molecule has 1 aromatic carbocycles. The van der Waals surface area contributed by atoms with E-state index in [1.165, 1.54) is 6.07 Å². The van der Waals surface area contributed by atoms with Crippen molar-refractivity contribution in [2.45, 2.75) is 32.7 Å². The summed E-state index contributed by atoms with van der Waals surface area (Å²) in [6, 6.07) is 4.67. The van der Waals surface area contributed by atoms with Crippen LogP contribution in [-0.2, 0) is 11.3 Å². The highest BCUT2D eigenvalue weighted by molar-refractivity contribution is 6.31. The van der Waals surface area contributed by atoms with Crippen molar-refractivity contribution in [3.63, 3.8) is 0 Å². The first-order valence-corrected chi connectivity index (χ1v) is 7.25. The van der Waals surface area contributed by atoms with Crippen molar-refractivity contribution < 1.29 is 14.3 Å². The number of benzene rings is 1. The molecule has 5 heteroatoms. The maximum Gasteiger partial charge on any atom is 0.309 e. The largest absolute Gasteiger partial charge is 0.481 e. The van der Waals surface area contributed by atoms with Crippen molar-refractivity contribution in [1.82, 2.24) is 4.90 Å². The molecule has 0 atom stereocenters. The molecule has 0 saturated carbocycles. The highest BCUT2D eigenvalue weighted by Gasteiger charge is 2.39. The average molecular weight is 300 g/mol. The Hall–Kier alpha value is -1.13. The van der Waals surface area contributed by atoms with E-state index >= 15 is 0 Å². The normalized spacial score (nSPS) is 18.9. The van der Waals surface area contributed by atoms with Gasteiger partial charge in [0.2, 0.25) is 0 Å². The molecule has 0 bridgehead atoms. The summed E-state index contributed by atoms with van der Waals surface area (Å²) < 4.78 is 13.7. The van der Waals surface area contributed by atoms with Gasteiger partial charge in [-0.3, -0.25) is 9.69 Å². The first kappa shape index (κ1) is 15.3. The van der Waals surface area contributed by atoms with Crippen LogP contribution in [0.5, 0.6) is 0 Å². The molecular formula is C15H19ClFNO2. The van der Waals surface area contributed by atoms with Crippen LogP contribution in [0.1, 0.15) is 31.7 Å². The van der Waals surface area contributed by atoms with Gasteiger partial charge in [-0.1, -0.05) is 24.6 Å². The van der Waals surface area contributed by atoms with E-state index in [0.717, 1.165) is 0 Å². The Morgan fingerprint density at radius 3 is 2.60 bits per heavy atom. The molecule has 0 aliphatic carbocycles. The van der Waals surface area contributed by atoms with Crippen LogP contribution in [0, 0.1) is 11.2 Å². The van der Waals surface area contributed by atoms with Crippen molar-refractivity contribution in [1.29, 1.82) is 0 Å². The van der Waals surface area contributed by atoms with Crippen LogP contribution in [0.3, 0.4) is 0 Å². The lowest BCUT2D eigenvalue weighted by Crippen LogP contribution is -2.43. The standard InChI is InChI=1S/C15H19ClFNO2/c1-2-15(14(19)20)6-8-18(9-7-15)10-11-12(16)4-3-5-13(11)17/h3-5H,2,6-10H2,1H3,(H,19,20). The molecule has 20 heavy (non-hydrogen) atoms. The number of piperidine rings is 1. The molecule has 0 spiro atoms. The lowest BCUT2D eigenvalue weighted by molar-refractivity contribution is -0.152. The third kappa shape index (κ3) is 2.96. The number of halogens is 2. The van der Waals surface area contributed by atoms with Crippen LogP contribution >= 0.6 is 11.6 Å². The number of likely N-dealkylation sites (tertiary alicyclic amines) is 1. The topological polar surface area (TPSA) is 40.5 Å². The van der Waals surface area contributed by atoms with Crippen LogP contribution in [0.25, 0.3) is 0 Å². The van der Waals surface area contributed by atoms with E-state index in [2.05, 4.69) is 4.90 Å². The van der Waals surface area contributed by atoms with Crippen molar-refractivity contribution in [2.24, 2.45) is 5.41 Å². The van der Waals surface area contributed by atoms with Crippen molar-refractivity contribution >= 4 is 17.6 Å². The second kappa shape index (κ2) is 6.10. The maximum absolute atomic E-state index is 13.7. The van der Waals surface area contributed by atoms with E-state index in [-0.39, 0.29) is 5.82 Å². The van der Waals surface area contributed by atoms with E-state index in [4.69, 9.17) is 11.6 Å². The zero-order chi connectivity index (χ0) is 14.8. The quantitative estimate of drug-likeness (QED) is 0.924. The number of hydrogen-bond donors (Lipinski definition) is 1. The molecule has 1 fully saturated rings. The van der Waals surface area contributed by atoms with Crippen LogP contribution in [0.4, 0.5) is 4.39 Å². The van der Waals surface area contributed by atoms with Crippen molar-refractivity contribution in [2.75, 3.05) is 13.1 Å². The predicted octanol–water partition coefficient (Wildman–Crippen LogP) is 3.56. The molecule has 3 nitrogen and oxygen atoms in total. The summed E-state index contributed by atoms with van der Waals surface area (Å²) in [6.45, 7) is 3.66. The summed E-state index contributed by atoms with van der Waals surface area (Å²) in [5, 5.41) is 9.78. The predicted molar refractivity (Wildman–Crippen MR) is 76.3 cm³/mol. The number of carboxylic acids is 1. The van der Waals surface area contributed by atoms with Gasteiger partial charge < -0.3 is 5.11 Å². The molecule has 110 valence electrons. The second-order valence-electron chi connectivity index (χ2n) is 5.42. The fourth-order valence-corrected chi connectivity index (χ4v) is 2.99. The number of nitrogens with zero attached hydrogens (tertiary/aromatic N) is 1. The van der Waals surface area contributed by atoms with Gasteiger partial charge in [-0.05, 0) is 44.5 Å². The average Bonchev–Trinajstić information content (AvgIpc) is 2.43. The fraction of sp³-hybridized carbons (Fsp3) is 0.533. The fourth-order valence-electron chi connectivity index (χ4n) is 2.76. The molecule has 2 rings (SSSR count). The van der Waals surface area contributed by atoms with Gasteiger partial charge in [0.1, 0.15) is 5.82 Å². The van der Waals surface area contributed by atoms with E-state index in [1.54, 1.807) is 12.1 Å². The van der Waals surface area contributed by atoms with E-state index in [0.29, 0.717) is 49.5 Å². The molecule has 0 unspecified atom stereocenters. The summed E-state index contributed by atoms with van der Waals surface area (Å²) in [6.07, 6.45) is 1.84. The zero-order valence-corrected chi connectivity index (χ0v) is 12.3. The van der Waals surface area contributed by atoms with E-state index < -0.39 is 11.4 Å². The summed E-state index contributed by atoms with van der Waals surface area (Å²) in [5.74, 6) is -1.02. The first-order chi connectivity index (χ1) is 9.48. The molecule has 0 amide bonds. The van der Waals surface area contributed by atoms with Gasteiger partial charge in [-0.25, -0.2) is 4.39 Å². The Balaban J connectivity index is 2.03. The van der Waals surface area contributed by atoms with Crippen molar-refractivity contribution in [3.8, 4) is 0 Å². The smallest absolute Gasteiger partial charge is 0.309 e. The Kier molecular flexibility index (Phi) is 4.66. The molecule has 0 aromatic heterocycles. The number of carboxylic acid groups (broad SMARTS) is 1. The number of carbonyl (C=O) groups is 1. The third-order valence-corrected chi connectivity index (χ3v) is 4.74. The van der Waals surface area contributed by atoms with Crippen LogP contribution in [0.2, 0.25) is 5.02 Å². The van der Waals surface area contributed by atoms with E-state index in [1.807, 2.05) is 6.92 Å². The Morgan fingerprint density at radius 2 is 2.10 bits per heavy atom. The summed E-state index contributed by atoms with van der Waals surface area (Å²) >= 11 is 6.02. The molecular weight excluding hydrogens is 281 g/mol. The Morgan fingerprint density at radius 1 is 1.45 bits per heavy atom. The van der Waals surface area contributed by atoms with Gasteiger partial charge in [0.25, 0.3) is 0 Å². The number of rotatable bonds is 4. The Labute approximate surface area is 123 Å². The lowest BCUT2D eigenvalue weighted by Gasteiger charge is -2.38. The SMILES string of the molecule is CCC1(C(=O)O)CCN(Cc2c(F)cccc2Cl)CC1. The summed E-state index contributed by atoms with van der Waals surface area (Å²) in [7, 11) is 0. The first-order valence-electron chi connectivity index (χ1n) is 6.87. The highest BCUT2D eigenvalue weighted by atomic mass is 35.5. The molecule has 1 saturated heterocycles. The lowest BCUT2D eigenvalue weighted by atomic mass is 9.76. The van der Waals surface area contributed by atoms with Crippen LogP contribution < -0.4 is 0 Å². The van der Waals surface area contributed by atoms with Gasteiger partial charge in [0.15, 0.2) is 0 Å². The monoisotopic (exact) mass is 299 g/mol. The molecule has 1 N–H and O–H groups in total. The molecule has 1 heterocycles. The van der Waals surface area contributed by atoms with Gasteiger partial charge in [0, 0.05) is 17.1 Å². The van der Waals surface area contributed by atoms with Crippen LogP contribution in [-0.4, -0.2) is 29.1 Å². The molecule has 1 aromatic rings. The molecule has 1 aliphatic rings. The summed E-state index contributed by atoms with van der Waals surface area (Å²) in [5.41, 5.74) is -0.122. The van der Waals surface area contributed by atoms with E-state index in [9.17, 15) is 14.3 Å². The van der Waals surface area contributed by atoms with Gasteiger partial charge in [-0.2, -0.15) is 0 Å². The minimum absolute atomic E-state index is 0.303. The molecule has 1 aliphatic heterocycles. The van der Waals surface area contributed by atoms with Gasteiger partial charge in [-0.15, -0.1) is 0 Å². The number of hydrogen-bond acceptors (Lipinski definition) is 2. The zero-order valence-electron chi connectivity index (χ0n) is 11.5. The minimum atomic E-state index is -0.719. The minimum Gasteiger partial charge on any atom is -0.481 e. The maximum atomic E-state index is 13.7. The Bertz CT molecular complexity index is 478. The van der Waals surface area contributed by atoms with Crippen molar-refractivity contribution in [3.05, 3.63) is 34.6 Å². The van der Waals surface area contributed by atoms with Crippen LogP contribution in [0.15, 0.2) is 18.2 Å². The van der Waals surface area contributed by atoms with Gasteiger partial charge in [0.05, 0.1) is 5.41 Å². The number of aliphatic carboxylic acids is 1. The highest BCUT2D eigenvalue weighted by Crippen LogP contribution is 2.36. The molecule has 0 radical (unpaired) electrons. The third-order valence-electron chi connectivity index (χ3n) is 4.39.